The minimum absolute atomic E-state index is 0.0389. The second-order valence-corrected chi connectivity index (χ2v) is 226. The summed E-state index contributed by atoms with van der Waals surface area (Å²) in [6, 6.07) is 25.2. The fourth-order valence-corrected chi connectivity index (χ4v) is 721. The Morgan fingerprint density at radius 1 is 0.425 bits per heavy atom. The summed E-state index contributed by atoms with van der Waals surface area (Å²) in [5.74, 6) is -0.879. The van der Waals surface area contributed by atoms with Crippen LogP contribution < -0.4 is 17.2 Å². The van der Waals surface area contributed by atoms with Gasteiger partial charge in [-0.3, -0.25) is 28.9 Å². The number of primary amides is 2. The molecule has 0 radical (unpaired) electrons. The van der Waals surface area contributed by atoms with E-state index in [0.717, 1.165) is 33.4 Å². The topological polar surface area (TPSA) is 262 Å². The predicted octanol–water partition coefficient (Wildman–Crippen LogP) is 34.5. The molecule has 582 valence electrons. The molecule has 0 aliphatic carbocycles. The third kappa shape index (κ3) is 30.5. The van der Waals surface area contributed by atoms with E-state index in [4.69, 9.17) is 22.7 Å². The van der Waals surface area contributed by atoms with Gasteiger partial charge in [-0.1, -0.05) is 65.8 Å². The molecule has 4 aromatic carbocycles. The number of rotatable bonds is 32. The Labute approximate surface area is 712 Å². The zero-order chi connectivity index (χ0) is 79.5. The zero-order valence-corrected chi connectivity index (χ0v) is 108. The molecule has 8 N–H and O–H groups in total. The number of nitrogens with zero attached hydrogens (tertiary/aromatic N) is 9. The molecular weight excluding hydrogens is 2260 g/mol. The smallest absolute Gasteiger partial charge is 0.248 e. The van der Waals surface area contributed by atoms with Crippen LogP contribution in [0.5, 0.6) is 11.5 Å². The number of carbonyl (C=O) groups is 2. The molecule has 0 bridgehead atoms. The molecule has 16 nitrogen and oxygen atoms in total. The lowest BCUT2D eigenvalue weighted by Gasteiger charge is -2.58. The summed E-state index contributed by atoms with van der Waals surface area (Å²) in [7, 11) is 93.9. The summed E-state index contributed by atoms with van der Waals surface area (Å²) in [4.78, 5) is 34.7. The highest BCUT2D eigenvalue weighted by Gasteiger charge is 2.59. The third-order valence-electron chi connectivity index (χ3n) is 13.8. The third-order valence-corrected chi connectivity index (χ3v) is 357. The van der Waals surface area contributed by atoms with Crippen molar-refractivity contribution in [1.82, 2.24) is 19.6 Å². The van der Waals surface area contributed by atoms with Gasteiger partial charge in [-0.05, 0) is 220 Å². The standard InChI is InChI=1S/C20H17N7O2.C20H19N5O2.H52P50/c1-27-18(16-8-13-6-7-14(20(21)29)9-15(13)24-16)19(28)17(25-27)12-4-2-11(3-5-12)10-23-26-22;1-25-18(16-8-13-6-7-14(20(22)27)9-15(13)23-16)19(26)17(24-25)12-4-2-11(10-21)3-5-12;1-27(2)40(28(3)4)46(39(25)26)49(45(37(21)22)38(23)24)50(47(41(29(5)6)30(7)8)42(31(9)10)32(11)12)48(43(33(13)14)34(15)16)44(35(17)18)36(19)20/h2-7,9,28H,8,10H2,1H3,(H2,21,29);2-7,9,26H,8,10,21H2,1H3,(H2,22,27);1-26H2. The molecule has 106 heavy (non-hydrogen) atoms. The molecule has 66 heteroatoms. The average Bonchev–Trinajstić information content (AvgIpc) is 1.11. The number of amides is 2. The first kappa shape index (κ1) is 109. The predicted molar refractivity (Wildman–Crippen MR) is 630 cm³/mol. The molecule has 0 saturated heterocycles. The molecule has 8 rings (SSSR count). The van der Waals surface area contributed by atoms with Crippen LogP contribution in [0, 0.1) is 0 Å². The number of aromatic nitrogens is 4. The lowest BCUT2D eigenvalue weighted by Crippen LogP contribution is -2.10. The molecule has 6 aromatic rings. The van der Waals surface area contributed by atoms with E-state index in [1.54, 1.807) is 47.7 Å². The van der Waals surface area contributed by atoms with Gasteiger partial charge in [0, 0.05) is 60.6 Å². The van der Waals surface area contributed by atoms with Gasteiger partial charge in [-0.15, -0.1) is 232 Å². The number of benzene rings is 4. The molecule has 0 saturated carbocycles. The van der Waals surface area contributed by atoms with Gasteiger partial charge in [0.05, 0.1) is 29.3 Å². The number of aromatic hydroxyl groups is 2. The molecule has 28 unspecified atom stereocenters. The van der Waals surface area contributed by atoms with Crippen molar-refractivity contribution < 1.29 is 19.8 Å². The summed E-state index contributed by atoms with van der Waals surface area (Å²) >= 11 is 0. The van der Waals surface area contributed by atoms with Crippen LogP contribution in [-0.4, -0.2) is 53.0 Å². The molecule has 2 aliphatic heterocycles. The van der Waals surface area contributed by atoms with E-state index >= 15 is 0 Å². The number of nitrogens with two attached hydrogens (primary N) is 3. The van der Waals surface area contributed by atoms with Gasteiger partial charge < -0.3 is 27.4 Å². The number of fused-ring (bicyclic) bond motifs is 2. The van der Waals surface area contributed by atoms with E-state index in [1.165, 1.54) is 0 Å². The van der Waals surface area contributed by atoms with Crippen molar-refractivity contribution in [2.75, 3.05) is 0 Å². The van der Waals surface area contributed by atoms with Gasteiger partial charge in [-0.2, -0.15) is 10.2 Å². The van der Waals surface area contributed by atoms with Crippen LogP contribution in [0.25, 0.3) is 33.0 Å². The van der Waals surface area contributed by atoms with Crippen LogP contribution in [0.3, 0.4) is 0 Å². The molecule has 0 fully saturated rings. The molecule has 0 spiro atoms. The highest BCUT2D eigenvalue weighted by molar-refractivity contribution is 9.52. The van der Waals surface area contributed by atoms with E-state index in [0.29, 0.717) is 76.1 Å². The molecule has 28 atom stereocenters. The second kappa shape index (κ2) is 53.5. The normalized spacial score (nSPS) is 14.0. The Kier molecular flexibility index (Phi) is 54.8. The monoisotopic (exact) mass is 2350 g/mol. The highest BCUT2D eigenvalue weighted by atomic mass is 33.6. The van der Waals surface area contributed by atoms with Crippen molar-refractivity contribution in [3.05, 3.63) is 140 Å². The maximum atomic E-state index is 11.4. The van der Waals surface area contributed by atoms with Crippen LogP contribution in [0.15, 0.2) is 100 Å². The molecule has 4 heterocycles. The number of azide groups is 1. The summed E-state index contributed by atoms with van der Waals surface area (Å²) in [5.41, 5.74) is 35.6. The Bertz CT molecular complexity index is 3920. The number of carbonyl (C=O) groups excluding carboxylic acids is 2. The van der Waals surface area contributed by atoms with E-state index in [1.807, 2.05) is 60.7 Å². The van der Waals surface area contributed by atoms with Crippen molar-refractivity contribution >= 4 is 434 Å². The first-order valence-corrected chi connectivity index (χ1v) is 119. The van der Waals surface area contributed by atoms with Crippen LogP contribution in [-0.2, 0) is 40.0 Å². The van der Waals surface area contributed by atoms with Gasteiger partial charge in [-0.25, -0.2) is 0 Å². The summed E-state index contributed by atoms with van der Waals surface area (Å²) in [5, 5.41) is 34.1. The maximum absolute atomic E-state index is 11.4. The summed E-state index contributed by atoms with van der Waals surface area (Å²) < 4.78 is 3.22. The second-order valence-electron chi connectivity index (χ2n) is 21.1. The highest BCUT2D eigenvalue weighted by Crippen LogP contribution is 3.46. The van der Waals surface area contributed by atoms with Crippen molar-refractivity contribution in [1.29, 1.82) is 0 Å². The van der Waals surface area contributed by atoms with E-state index in [-0.39, 0.29) is 186 Å². The van der Waals surface area contributed by atoms with Crippen LogP contribution in [0.2, 0.25) is 0 Å². The van der Waals surface area contributed by atoms with Crippen LogP contribution in [0.1, 0.15) is 54.4 Å². The quantitative estimate of drug-likeness (QED) is 0.0118. The average molecular weight is 2350 g/mol. The van der Waals surface area contributed by atoms with Gasteiger partial charge in [0.1, 0.15) is 22.8 Å². The number of hydrogen-bond acceptors (Lipinski definition) is 10. The number of aryl methyl sites for hydroxylation is 2. The lowest BCUT2D eigenvalue weighted by molar-refractivity contribution is 0.0992. The first-order chi connectivity index (χ1) is 49.6. The first-order valence-electron chi connectivity index (χ1n) is 28.7. The fourth-order valence-electron chi connectivity index (χ4n) is 9.63. The maximum Gasteiger partial charge on any atom is 0.248 e. The SMILES string of the molecule is Cn1nc(-c2ccc(CN)cc2)c(O)c1C1=Nc2cc(C(N)=O)ccc2C1.Cn1nc(-c2ccc(CN=[N+]=[N-])cc2)c(O)c1C1=Nc2cc(C(N)=O)ccc2C1.PP(P)P(P(P)P)P(P(P)P)P(P(P(P)P)P(P)P)P(P(P(P(P)P)P(P)P)P(P(P)P)P(P)P)P(P(P(P)P)P(P)P)P(P(P)P)P(P)P. The molecule has 2 aromatic heterocycles. The fraction of sp³-hybridized carbons (Fsp3) is 0.150. The summed E-state index contributed by atoms with van der Waals surface area (Å²) in [6.45, 7) is -3.24. The van der Waals surface area contributed by atoms with Crippen LogP contribution in [0.4, 0.5) is 11.4 Å². The minimum atomic E-state index is -0.508. The molecule has 2 amide bonds. The van der Waals surface area contributed by atoms with E-state index in [2.05, 4.69) is 262 Å². The van der Waals surface area contributed by atoms with E-state index in [9.17, 15) is 19.8 Å². The van der Waals surface area contributed by atoms with Crippen molar-refractivity contribution in [3.8, 4) is 34.0 Å². The van der Waals surface area contributed by atoms with E-state index < -0.39 is 11.8 Å². The number of hydrogen-bond donors (Lipinski definition) is 5. The Morgan fingerprint density at radius 2 is 0.689 bits per heavy atom. The lowest BCUT2D eigenvalue weighted by atomic mass is 10.0. The van der Waals surface area contributed by atoms with Crippen molar-refractivity contribution in [2.24, 2.45) is 46.4 Å². The molecule has 2 aliphatic rings. The minimum Gasteiger partial charge on any atom is -0.504 e. The molecular formula is C40H88N12O4P50. The van der Waals surface area contributed by atoms with Gasteiger partial charge >= 0.3 is 0 Å². The summed E-state index contributed by atoms with van der Waals surface area (Å²) in [6.07, 6.45) is 1.07. The van der Waals surface area contributed by atoms with Gasteiger partial charge in [0.15, 0.2) is 11.5 Å². The Balaban J connectivity index is 0.000000265. The Hall–Kier alpha value is 13.9. The zero-order valence-electron chi connectivity index (χ0n) is 56.1. The van der Waals surface area contributed by atoms with Gasteiger partial charge in [0.25, 0.3) is 0 Å². The van der Waals surface area contributed by atoms with Crippen molar-refractivity contribution in [3.63, 3.8) is 0 Å². The number of aliphatic imine (C=N–C) groups is 2. The van der Waals surface area contributed by atoms with Gasteiger partial charge in [0.2, 0.25) is 11.8 Å². The largest absolute Gasteiger partial charge is 0.504 e. The Morgan fingerprint density at radius 3 is 0.953 bits per heavy atom. The van der Waals surface area contributed by atoms with Crippen molar-refractivity contribution in [2.45, 2.75) is 25.9 Å². The van der Waals surface area contributed by atoms with Crippen LogP contribution >= 0.6 is 400 Å².